The largest absolute Gasteiger partial charge is 0.494 e. The molecule has 3 atom stereocenters. The third-order valence-corrected chi connectivity index (χ3v) is 6.66. The van der Waals surface area contributed by atoms with E-state index in [4.69, 9.17) is 4.74 Å². The van der Waals surface area contributed by atoms with Crippen molar-refractivity contribution in [2.45, 2.75) is 19.0 Å². The van der Waals surface area contributed by atoms with Crippen molar-refractivity contribution >= 4 is 39.3 Å². The molecular weight excluding hydrogens is 517 g/mol. The highest BCUT2D eigenvalue weighted by atomic mass is 79.9. The van der Waals surface area contributed by atoms with E-state index in [1.165, 1.54) is 11.1 Å². The fourth-order valence-electron chi connectivity index (χ4n) is 4.63. The Morgan fingerprint density at radius 3 is 2.46 bits per heavy atom. The molecule has 2 aliphatic rings. The summed E-state index contributed by atoms with van der Waals surface area (Å²) >= 11 is 3.35. The Labute approximate surface area is 209 Å². The average Bonchev–Trinajstić information content (AvgIpc) is 3.36. The van der Waals surface area contributed by atoms with Crippen molar-refractivity contribution in [3.63, 3.8) is 0 Å². The maximum absolute atomic E-state index is 14.8. The Morgan fingerprint density at radius 2 is 1.77 bits per heavy atom. The van der Waals surface area contributed by atoms with Gasteiger partial charge < -0.3 is 4.74 Å². The molecule has 3 aromatic carbocycles. The molecule has 2 aliphatic heterocycles. The maximum atomic E-state index is 14.8. The molecule has 0 radical (unpaired) electrons. The summed E-state index contributed by atoms with van der Waals surface area (Å²) in [5.74, 6) is -2.47. The minimum Gasteiger partial charge on any atom is -0.494 e. The first-order valence-corrected chi connectivity index (χ1v) is 11.9. The highest BCUT2D eigenvalue weighted by Gasteiger charge is 2.60. The molecule has 35 heavy (non-hydrogen) atoms. The molecule has 0 saturated carbocycles. The van der Waals surface area contributed by atoms with Crippen LogP contribution < -0.4 is 15.1 Å². The van der Waals surface area contributed by atoms with Crippen LogP contribution >= 0.6 is 15.9 Å². The number of hydrogen-bond donors (Lipinski definition) is 1. The van der Waals surface area contributed by atoms with Gasteiger partial charge in [0, 0.05) is 15.6 Å². The van der Waals surface area contributed by atoms with E-state index in [-0.39, 0.29) is 5.56 Å². The van der Waals surface area contributed by atoms with Crippen molar-refractivity contribution < 1.29 is 23.5 Å². The molecule has 0 aliphatic carbocycles. The minimum absolute atomic E-state index is 0.210. The zero-order valence-electron chi connectivity index (χ0n) is 18.7. The van der Waals surface area contributed by atoms with Crippen molar-refractivity contribution in [3.8, 4) is 5.75 Å². The van der Waals surface area contributed by atoms with Crippen LogP contribution in [0.1, 0.15) is 28.9 Å². The number of fused-ring (bicyclic) bond motifs is 1. The number of hydrogen-bond acceptors (Lipinski definition) is 5. The molecule has 9 heteroatoms. The number of anilines is 1. The van der Waals surface area contributed by atoms with Gasteiger partial charge in [0.2, 0.25) is 5.91 Å². The Morgan fingerprint density at radius 1 is 1.03 bits per heavy atom. The Hall–Kier alpha value is -3.56. The molecule has 0 aromatic heterocycles. The van der Waals surface area contributed by atoms with Crippen LogP contribution in [-0.2, 0) is 9.59 Å². The van der Waals surface area contributed by atoms with Crippen LogP contribution in [0.25, 0.3) is 0 Å². The first-order chi connectivity index (χ1) is 16.9. The molecule has 2 heterocycles. The molecule has 3 aromatic rings. The number of benzene rings is 3. The number of nitrogens with one attached hydrogen (secondary N) is 1. The zero-order valence-corrected chi connectivity index (χ0v) is 20.2. The van der Waals surface area contributed by atoms with Crippen molar-refractivity contribution in [1.29, 1.82) is 0 Å². The second kappa shape index (κ2) is 9.24. The zero-order chi connectivity index (χ0) is 24.7. The van der Waals surface area contributed by atoms with Crippen LogP contribution in [0.3, 0.4) is 0 Å². The number of carbonyl (C=O) groups is 3. The molecule has 0 bridgehead atoms. The Balaban J connectivity index is 1.56. The van der Waals surface area contributed by atoms with Gasteiger partial charge in [-0.05, 0) is 55.5 Å². The molecule has 7 nitrogen and oxygen atoms in total. The molecule has 0 unspecified atom stereocenters. The normalized spacial score (nSPS) is 21.4. The van der Waals surface area contributed by atoms with E-state index in [2.05, 4.69) is 21.4 Å². The van der Waals surface area contributed by atoms with Gasteiger partial charge in [0.15, 0.2) is 0 Å². The molecule has 178 valence electrons. The van der Waals surface area contributed by atoms with Crippen LogP contribution in [0.2, 0.25) is 0 Å². The second-order valence-corrected chi connectivity index (χ2v) is 9.14. The van der Waals surface area contributed by atoms with E-state index >= 15 is 0 Å². The number of halogens is 2. The Kier molecular flexibility index (Phi) is 6.12. The molecule has 2 fully saturated rings. The number of nitrogens with zero attached hydrogens (tertiary/aromatic N) is 2. The lowest BCUT2D eigenvalue weighted by molar-refractivity contribution is -0.123. The lowest BCUT2D eigenvalue weighted by atomic mass is 9.90. The number of carbonyl (C=O) groups excluding carboxylic acids is 3. The summed E-state index contributed by atoms with van der Waals surface area (Å²) in [6, 6.07) is 17.3. The number of ether oxygens (including phenoxy) is 1. The first kappa shape index (κ1) is 23.2. The van der Waals surface area contributed by atoms with Gasteiger partial charge in [-0.2, -0.15) is 0 Å². The highest BCUT2D eigenvalue weighted by molar-refractivity contribution is 9.10. The summed E-state index contributed by atoms with van der Waals surface area (Å²) in [7, 11) is 0. The Bertz CT molecular complexity index is 1320. The van der Waals surface area contributed by atoms with Gasteiger partial charge in [-0.25, -0.2) is 14.7 Å². The topological polar surface area (TPSA) is 79.0 Å². The van der Waals surface area contributed by atoms with Crippen molar-refractivity contribution in [2.75, 3.05) is 11.5 Å². The predicted molar refractivity (Wildman–Crippen MR) is 130 cm³/mol. The minimum atomic E-state index is -1.13. The second-order valence-electron chi connectivity index (χ2n) is 8.22. The molecule has 3 amide bonds. The smallest absolute Gasteiger partial charge is 0.268 e. The van der Waals surface area contributed by atoms with E-state index in [1.54, 1.807) is 66.7 Å². The maximum Gasteiger partial charge on any atom is 0.268 e. The lowest BCUT2D eigenvalue weighted by Gasteiger charge is -2.25. The average molecular weight is 538 g/mol. The predicted octanol–water partition coefficient (Wildman–Crippen LogP) is 4.25. The summed E-state index contributed by atoms with van der Waals surface area (Å²) in [6.07, 6.45) is 0. The van der Waals surface area contributed by atoms with Crippen molar-refractivity contribution in [3.05, 3.63) is 94.2 Å². The van der Waals surface area contributed by atoms with E-state index in [0.29, 0.717) is 28.1 Å². The van der Waals surface area contributed by atoms with Crippen LogP contribution in [0.5, 0.6) is 5.75 Å². The van der Waals surface area contributed by atoms with Crippen LogP contribution in [0.15, 0.2) is 77.3 Å². The summed E-state index contributed by atoms with van der Waals surface area (Å²) in [4.78, 5) is 41.8. The third kappa shape index (κ3) is 4.00. The molecule has 1 N–H and O–H groups in total. The van der Waals surface area contributed by atoms with Crippen LogP contribution in [0, 0.1) is 11.7 Å². The summed E-state index contributed by atoms with van der Waals surface area (Å²) in [5.41, 5.74) is 3.86. The van der Waals surface area contributed by atoms with Crippen LogP contribution in [0.4, 0.5) is 10.1 Å². The van der Waals surface area contributed by atoms with E-state index in [1.807, 2.05) is 6.92 Å². The van der Waals surface area contributed by atoms with Gasteiger partial charge in [0.05, 0.1) is 24.3 Å². The standard InChI is InChI=1S/C26H21BrFN3O4/c1-2-35-18-12-10-17(11-13-18)30-25(33)21-22(19-8-3-4-9-20(19)28)29-31(23(21)26(30)34)24(32)15-6-5-7-16(27)14-15/h3-14,21-23,29H,2H2,1H3/t21-,22-,23+/m1/s1. The van der Waals surface area contributed by atoms with Gasteiger partial charge in [-0.3, -0.25) is 19.4 Å². The van der Waals surface area contributed by atoms with Gasteiger partial charge in [-0.1, -0.05) is 40.2 Å². The fraction of sp³-hybridized carbons (Fsp3) is 0.192. The van der Waals surface area contributed by atoms with Gasteiger partial charge in [0.1, 0.15) is 17.6 Å². The fourth-order valence-corrected chi connectivity index (χ4v) is 5.03. The van der Waals surface area contributed by atoms with Gasteiger partial charge in [-0.15, -0.1) is 0 Å². The summed E-state index contributed by atoms with van der Waals surface area (Å²) in [6.45, 7) is 2.34. The third-order valence-electron chi connectivity index (χ3n) is 6.17. The number of rotatable bonds is 5. The highest BCUT2D eigenvalue weighted by Crippen LogP contribution is 2.43. The monoisotopic (exact) mass is 537 g/mol. The number of imide groups is 1. The van der Waals surface area contributed by atoms with Crippen molar-refractivity contribution in [2.24, 2.45) is 5.92 Å². The summed E-state index contributed by atoms with van der Waals surface area (Å²) < 4.78 is 20.9. The molecular formula is C26H21BrFN3O4. The lowest BCUT2D eigenvalue weighted by Crippen LogP contribution is -2.48. The quantitative estimate of drug-likeness (QED) is 0.492. The first-order valence-electron chi connectivity index (χ1n) is 11.1. The molecule has 2 saturated heterocycles. The summed E-state index contributed by atoms with van der Waals surface area (Å²) in [5, 5.41) is 1.17. The van der Waals surface area contributed by atoms with Gasteiger partial charge in [0.25, 0.3) is 11.8 Å². The van der Waals surface area contributed by atoms with Crippen LogP contribution in [-0.4, -0.2) is 35.4 Å². The van der Waals surface area contributed by atoms with E-state index in [0.717, 1.165) is 4.90 Å². The van der Waals surface area contributed by atoms with Gasteiger partial charge >= 0.3 is 0 Å². The van der Waals surface area contributed by atoms with E-state index in [9.17, 15) is 18.8 Å². The number of amides is 3. The van der Waals surface area contributed by atoms with E-state index < -0.39 is 41.5 Å². The molecule has 5 rings (SSSR count). The molecule has 0 spiro atoms. The number of hydrazine groups is 1. The van der Waals surface area contributed by atoms with Crippen molar-refractivity contribution in [1.82, 2.24) is 10.4 Å². The SMILES string of the molecule is CCOc1ccc(N2C(=O)[C@@H]3[C@@H](c4ccccc4F)NN(C(=O)c4cccc(Br)c4)[C@@H]3C2=O)cc1.